The van der Waals surface area contributed by atoms with Crippen LogP contribution in [0.5, 0.6) is 0 Å². The summed E-state index contributed by atoms with van der Waals surface area (Å²) in [6, 6.07) is 0.635. The number of imidazole rings is 1. The summed E-state index contributed by atoms with van der Waals surface area (Å²) in [5.41, 5.74) is 0. The van der Waals surface area contributed by atoms with Crippen LogP contribution >= 0.6 is 0 Å². The van der Waals surface area contributed by atoms with E-state index in [9.17, 15) is 0 Å². The Bertz CT molecular complexity index is 239. The van der Waals surface area contributed by atoms with E-state index in [4.69, 9.17) is 0 Å². The maximum absolute atomic E-state index is 4.25. The van der Waals surface area contributed by atoms with Gasteiger partial charge in [-0.25, -0.2) is 4.98 Å². The van der Waals surface area contributed by atoms with Crippen molar-refractivity contribution >= 4 is 0 Å². The average molecular weight is 179 g/mol. The molecule has 0 spiro atoms. The molecule has 0 bridgehead atoms. The Hall–Kier alpha value is -0.830. The first-order valence-electron chi connectivity index (χ1n) is 5.11. The normalized spacial score (nSPS) is 18.8. The lowest BCUT2D eigenvalue weighted by molar-refractivity contribution is 0.465. The van der Waals surface area contributed by atoms with Gasteiger partial charge in [-0.05, 0) is 25.3 Å². The van der Waals surface area contributed by atoms with Gasteiger partial charge < -0.3 is 10.3 Å². The molecule has 1 unspecified atom stereocenters. The zero-order valence-corrected chi connectivity index (χ0v) is 8.09. The molecule has 0 aromatic carbocycles. The lowest BCUT2D eigenvalue weighted by Crippen LogP contribution is -2.33. The van der Waals surface area contributed by atoms with Crippen LogP contribution in [0.3, 0.4) is 0 Å². The molecule has 13 heavy (non-hydrogen) atoms. The number of hydrogen-bond donors (Lipinski definition) is 2. The van der Waals surface area contributed by atoms with Gasteiger partial charge in [-0.15, -0.1) is 0 Å². The Morgan fingerprint density at radius 2 is 2.54 bits per heavy atom. The van der Waals surface area contributed by atoms with E-state index in [0.717, 1.165) is 24.7 Å². The van der Waals surface area contributed by atoms with Crippen LogP contribution in [-0.2, 0) is 6.42 Å². The molecule has 0 radical (unpaired) electrons. The van der Waals surface area contributed by atoms with Gasteiger partial charge in [0.05, 0.1) is 0 Å². The summed E-state index contributed by atoms with van der Waals surface area (Å²) in [7, 11) is 0. The highest BCUT2D eigenvalue weighted by molar-refractivity contribution is 4.96. The second-order valence-electron chi connectivity index (χ2n) is 3.74. The largest absolute Gasteiger partial charge is 0.349 e. The monoisotopic (exact) mass is 179 g/mol. The van der Waals surface area contributed by atoms with Crippen LogP contribution in [0.1, 0.15) is 25.6 Å². The second kappa shape index (κ2) is 3.92. The van der Waals surface area contributed by atoms with E-state index in [1.54, 1.807) is 0 Å². The summed E-state index contributed by atoms with van der Waals surface area (Å²) in [6.07, 6.45) is 7.54. The van der Waals surface area contributed by atoms with Crippen molar-refractivity contribution in [2.75, 3.05) is 6.54 Å². The Kier molecular flexibility index (Phi) is 2.64. The SMILES string of the molecule is CCNC(Cc1ncc[nH]1)C1CC1. The molecule has 72 valence electrons. The van der Waals surface area contributed by atoms with Crippen molar-refractivity contribution in [3.8, 4) is 0 Å². The van der Waals surface area contributed by atoms with Gasteiger partial charge >= 0.3 is 0 Å². The fraction of sp³-hybridized carbons (Fsp3) is 0.700. The molecule has 1 aromatic rings. The third kappa shape index (κ3) is 2.31. The summed E-state index contributed by atoms with van der Waals surface area (Å²) in [5.74, 6) is 2.00. The van der Waals surface area contributed by atoms with Crippen LogP contribution in [0.15, 0.2) is 12.4 Å². The molecule has 1 saturated carbocycles. The van der Waals surface area contributed by atoms with E-state index >= 15 is 0 Å². The zero-order chi connectivity index (χ0) is 9.10. The third-order valence-corrected chi connectivity index (χ3v) is 2.63. The minimum Gasteiger partial charge on any atom is -0.349 e. The molecule has 0 amide bonds. The number of H-pyrrole nitrogens is 1. The van der Waals surface area contributed by atoms with Crippen molar-refractivity contribution in [2.45, 2.75) is 32.2 Å². The smallest absolute Gasteiger partial charge is 0.107 e. The van der Waals surface area contributed by atoms with E-state index in [1.165, 1.54) is 12.8 Å². The molecule has 1 heterocycles. The van der Waals surface area contributed by atoms with Crippen molar-refractivity contribution < 1.29 is 0 Å². The number of aromatic amines is 1. The highest BCUT2D eigenvalue weighted by Crippen LogP contribution is 2.33. The molecule has 1 fully saturated rings. The molecule has 1 aliphatic carbocycles. The molecule has 2 rings (SSSR count). The minimum atomic E-state index is 0.635. The fourth-order valence-electron chi connectivity index (χ4n) is 1.78. The molecular weight excluding hydrogens is 162 g/mol. The summed E-state index contributed by atoms with van der Waals surface area (Å²) >= 11 is 0. The summed E-state index contributed by atoms with van der Waals surface area (Å²) in [4.78, 5) is 7.41. The number of hydrogen-bond acceptors (Lipinski definition) is 2. The van der Waals surface area contributed by atoms with Gasteiger partial charge in [-0.2, -0.15) is 0 Å². The quantitative estimate of drug-likeness (QED) is 0.716. The van der Waals surface area contributed by atoms with Gasteiger partial charge in [-0.3, -0.25) is 0 Å². The van der Waals surface area contributed by atoms with Crippen LogP contribution in [0.4, 0.5) is 0 Å². The Labute approximate surface area is 79.0 Å². The molecule has 1 atom stereocenters. The Morgan fingerprint density at radius 3 is 3.08 bits per heavy atom. The topological polar surface area (TPSA) is 40.7 Å². The van der Waals surface area contributed by atoms with E-state index in [1.807, 2.05) is 12.4 Å². The average Bonchev–Trinajstić information content (AvgIpc) is 2.85. The zero-order valence-electron chi connectivity index (χ0n) is 8.09. The van der Waals surface area contributed by atoms with Crippen molar-refractivity contribution in [1.29, 1.82) is 0 Å². The molecule has 2 N–H and O–H groups in total. The minimum absolute atomic E-state index is 0.635. The van der Waals surface area contributed by atoms with Crippen molar-refractivity contribution in [2.24, 2.45) is 5.92 Å². The van der Waals surface area contributed by atoms with E-state index in [0.29, 0.717) is 6.04 Å². The van der Waals surface area contributed by atoms with Gasteiger partial charge in [-0.1, -0.05) is 6.92 Å². The van der Waals surface area contributed by atoms with Crippen molar-refractivity contribution in [1.82, 2.24) is 15.3 Å². The summed E-state index contributed by atoms with van der Waals surface area (Å²) in [6.45, 7) is 3.22. The second-order valence-corrected chi connectivity index (χ2v) is 3.74. The van der Waals surface area contributed by atoms with E-state index in [-0.39, 0.29) is 0 Å². The lowest BCUT2D eigenvalue weighted by Gasteiger charge is -2.15. The fourth-order valence-corrected chi connectivity index (χ4v) is 1.78. The molecule has 1 aromatic heterocycles. The van der Waals surface area contributed by atoms with Crippen LogP contribution in [-0.4, -0.2) is 22.6 Å². The van der Waals surface area contributed by atoms with Gasteiger partial charge in [0.25, 0.3) is 0 Å². The molecule has 1 aliphatic rings. The molecule has 3 nitrogen and oxygen atoms in total. The highest BCUT2D eigenvalue weighted by Gasteiger charge is 2.30. The van der Waals surface area contributed by atoms with Gasteiger partial charge in [0.2, 0.25) is 0 Å². The predicted octanol–water partition coefficient (Wildman–Crippen LogP) is 1.34. The van der Waals surface area contributed by atoms with Crippen molar-refractivity contribution in [3.63, 3.8) is 0 Å². The highest BCUT2D eigenvalue weighted by atomic mass is 15.0. The van der Waals surface area contributed by atoms with Gasteiger partial charge in [0, 0.05) is 24.9 Å². The first-order valence-corrected chi connectivity index (χ1v) is 5.11. The van der Waals surface area contributed by atoms with Crippen LogP contribution in [0.2, 0.25) is 0 Å². The van der Waals surface area contributed by atoms with Crippen LogP contribution < -0.4 is 5.32 Å². The maximum atomic E-state index is 4.25. The predicted molar refractivity (Wildman–Crippen MR) is 52.5 cm³/mol. The first kappa shape index (κ1) is 8.75. The Morgan fingerprint density at radius 1 is 1.69 bits per heavy atom. The summed E-state index contributed by atoms with van der Waals surface area (Å²) < 4.78 is 0. The molecule has 0 saturated heterocycles. The number of likely N-dealkylation sites (N-methyl/N-ethyl adjacent to an activating group) is 1. The summed E-state index contributed by atoms with van der Waals surface area (Å²) in [5, 5.41) is 3.52. The van der Waals surface area contributed by atoms with Gasteiger partial charge in [0.15, 0.2) is 0 Å². The lowest BCUT2D eigenvalue weighted by atomic mass is 10.1. The first-order chi connectivity index (χ1) is 6.40. The maximum Gasteiger partial charge on any atom is 0.107 e. The van der Waals surface area contributed by atoms with Crippen molar-refractivity contribution in [3.05, 3.63) is 18.2 Å². The molecular formula is C10H17N3. The van der Waals surface area contributed by atoms with Crippen LogP contribution in [0.25, 0.3) is 0 Å². The number of aromatic nitrogens is 2. The molecule has 0 aliphatic heterocycles. The number of rotatable bonds is 5. The standard InChI is InChI=1S/C10H17N3/c1-2-11-9(8-3-4-8)7-10-12-5-6-13-10/h5-6,8-9,11H,2-4,7H2,1H3,(H,12,13). The third-order valence-electron chi connectivity index (χ3n) is 2.63. The number of nitrogens with one attached hydrogen (secondary N) is 2. The van der Waals surface area contributed by atoms with Gasteiger partial charge in [0.1, 0.15) is 5.82 Å². The number of nitrogens with zero attached hydrogens (tertiary/aromatic N) is 1. The van der Waals surface area contributed by atoms with E-state index < -0.39 is 0 Å². The Balaban J connectivity index is 1.89. The molecule has 3 heteroatoms. The van der Waals surface area contributed by atoms with Crippen LogP contribution in [0, 0.1) is 5.92 Å². The van der Waals surface area contributed by atoms with E-state index in [2.05, 4.69) is 22.2 Å².